The second kappa shape index (κ2) is 3.63. The molecule has 3 heterocycles. The third-order valence-corrected chi connectivity index (χ3v) is 3.50. The molecule has 1 spiro atoms. The van der Waals surface area contributed by atoms with Gasteiger partial charge in [0.1, 0.15) is 6.67 Å². The van der Waals surface area contributed by atoms with Gasteiger partial charge in [0.15, 0.2) is 11.6 Å². The van der Waals surface area contributed by atoms with Gasteiger partial charge in [-0.25, -0.2) is 0 Å². The molecule has 5 heteroatoms. The van der Waals surface area contributed by atoms with E-state index < -0.39 is 5.79 Å². The van der Waals surface area contributed by atoms with Gasteiger partial charge in [-0.05, 0) is 11.6 Å². The molecule has 0 atom stereocenters. The summed E-state index contributed by atoms with van der Waals surface area (Å²) in [6.07, 6.45) is 2.68. The fraction of sp³-hybridized carbons (Fsp3) is 0.385. The molecule has 0 N–H and O–H groups in total. The standard InChI is InChI=1S/C13H13N3O2/c1-2-4-11-10(3-1)7-13(17-5-6-18-13)8-12-15-14-9-16(11)12/h1-4,8H,5-7,9H2. The summed E-state index contributed by atoms with van der Waals surface area (Å²) in [5.41, 5.74) is 2.35. The van der Waals surface area contributed by atoms with Crippen molar-refractivity contribution in [3.63, 3.8) is 0 Å². The number of rotatable bonds is 0. The van der Waals surface area contributed by atoms with E-state index in [1.807, 2.05) is 18.2 Å². The van der Waals surface area contributed by atoms with Gasteiger partial charge in [-0.15, -0.1) is 5.11 Å². The van der Waals surface area contributed by atoms with Crippen LogP contribution in [0.25, 0.3) is 0 Å². The number of azo groups is 1. The molecule has 0 amide bonds. The zero-order valence-electron chi connectivity index (χ0n) is 9.87. The van der Waals surface area contributed by atoms with E-state index in [2.05, 4.69) is 27.3 Å². The minimum atomic E-state index is -0.663. The van der Waals surface area contributed by atoms with Gasteiger partial charge in [0.05, 0.1) is 13.2 Å². The van der Waals surface area contributed by atoms with Gasteiger partial charge in [-0.2, -0.15) is 5.11 Å². The van der Waals surface area contributed by atoms with Gasteiger partial charge in [0, 0.05) is 18.2 Å². The van der Waals surface area contributed by atoms with E-state index >= 15 is 0 Å². The quantitative estimate of drug-likeness (QED) is 0.700. The highest BCUT2D eigenvalue weighted by Crippen LogP contribution is 2.38. The summed E-state index contributed by atoms with van der Waals surface area (Å²) >= 11 is 0. The lowest BCUT2D eigenvalue weighted by atomic mass is 10.0. The normalized spacial score (nSPS) is 23.8. The predicted molar refractivity (Wildman–Crippen MR) is 65.1 cm³/mol. The minimum absolute atomic E-state index is 0.568. The van der Waals surface area contributed by atoms with Crippen LogP contribution in [-0.2, 0) is 15.9 Å². The van der Waals surface area contributed by atoms with E-state index in [4.69, 9.17) is 9.47 Å². The molecule has 0 radical (unpaired) electrons. The number of nitrogens with zero attached hydrogens (tertiary/aromatic N) is 3. The van der Waals surface area contributed by atoms with Crippen molar-refractivity contribution in [2.75, 3.05) is 24.8 Å². The molecule has 1 saturated heterocycles. The van der Waals surface area contributed by atoms with Crippen LogP contribution in [0.1, 0.15) is 5.56 Å². The summed E-state index contributed by atoms with van der Waals surface area (Å²) in [5, 5.41) is 8.28. The lowest BCUT2D eigenvalue weighted by Gasteiger charge is -2.22. The van der Waals surface area contributed by atoms with Crippen molar-refractivity contribution in [3.05, 3.63) is 41.7 Å². The summed E-state index contributed by atoms with van der Waals surface area (Å²) in [7, 11) is 0. The highest BCUT2D eigenvalue weighted by Gasteiger charge is 2.40. The molecule has 0 saturated carbocycles. The van der Waals surface area contributed by atoms with Crippen molar-refractivity contribution in [1.82, 2.24) is 0 Å². The lowest BCUT2D eigenvalue weighted by Crippen LogP contribution is -2.30. The number of benzene rings is 1. The summed E-state index contributed by atoms with van der Waals surface area (Å²) in [6, 6.07) is 8.27. The second-order valence-electron chi connectivity index (χ2n) is 4.63. The van der Waals surface area contributed by atoms with E-state index in [-0.39, 0.29) is 0 Å². The Kier molecular flexibility index (Phi) is 2.06. The average molecular weight is 243 g/mol. The highest BCUT2D eigenvalue weighted by atomic mass is 16.7. The molecule has 3 aliphatic rings. The molecule has 0 aromatic heterocycles. The van der Waals surface area contributed by atoms with Gasteiger partial charge >= 0.3 is 0 Å². The van der Waals surface area contributed by atoms with E-state index in [0.29, 0.717) is 19.9 Å². The summed E-state index contributed by atoms with van der Waals surface area (Å²) in [6.45, 7) is 1.82. The van der Waals surface area contributed by atoms with Crippen molar-refractivity contribution in [3.8, 4) is 0 Å². The van der Waals surface area contributed by atoms with E-state index in [0.717, 1.165) is 17.9 Å². The Bertz CT molecular complexity index is 547. The number of ether oxygens (including phenoxy) is 2. The van der Waals surface area contributed by atoms with Gasteiger partial charge in [0.25, 0.3) is 0 Å². The predicted octanol–water partition coefficient (Wildman–Crippen LogP) is 2.06. The first-order valence-corrected chi connectivity index (χ1v) is 6.10. The van der Waals surface area contributed by atoms with Gasteiger partial charge < -0.3 is 14.4 Å². The van der Waals surface area contributed by atoms with Gasteiger partial charge in [-0.1, -0.05) is 18.2 Å². The Morgan fingerprint density at radius 1 is 1.17 bits per heavy atom. The van der Waals surface area contributed by atoms with Crippen LogP contribution in [-0.4, -0.2) is 25.7 Å². The zero-order valence-corrected chi connectivity index (χ0v) is 9.87. The first kappa shape index (κ1) is 10.2. The Morgan fingerprint density at radius 2 is 2.00 bits per heavy atom. The first-order chi connectivity index (χ1) is 8.86. The third kappa shape index (κ3) is 1.41. The topological polar surface area (TPSA) is 46.4 Å². The molecule has 1 fully saturated rings. The van der Waals surface area contributed by atoms with E-state index in [1.165, 1.54) is 5.56 Å². The van der Waals surface area contributed by atoms with Crippen LogP contribution in [0, 0.1) is 0 Å². The molecule has 0 bridgehead atoms. The highest BCUT2D eigenvalue weighted by molar-refractivity contribution is 5.60. The van der Waals surface area contributed by atoms with E-state index in [9.17, 15) is 0 Å². The maximum Gasteiger partial charge on any atom is 0.196 e. The summed E-state index contributed by atoms with van der Waals surface area (Å²) in [5.74, 6) is 0.158. The fourth-order valence-corrected chi connectivity index (χ4v) is 2.69. The third-order valence-electron chi connectivity index (χ3n) is 3.50. The fourth-order valence-electron chi connectivity index (χ4n) is 2.69. The maximum absolute atomic E-state index is 5.80. The van der Waals surface area contributed by atoms with Crippen molar-refractivity contribution >= 4 is 5.69 Å². The largest absolute Gasteiger partial charge is 0.344 e. The second-order valence-corrected chi connectivity index (χ2v) is 4.63. The van der Waals surface area contributed by atoms with Crippen molar-refractivity contribution in [2.45, 2.75) is 12.2 Å². The number of hydrogen-bond donors (Lipinski definition) is 0. The molecule has 0 aliphatic carbocycles. The molecular weight excluding hydrogens is 230 g/mol. The molecule has 5 nitrogen and oxygen atoms in total. The van der Waals surface area contributed by atoms with Crippen LogP contribution in [0.2, 0.25) is 0 Å². The molecule has 92 valence electrons. The number of anilines is 1. The van der Waals surface area contributed by atoms with Gasteiger partial charge in [0.2, 0.25) is 0 Å². The average Bonchev–Trinajstić information content (AvgIpc) is 2.98. The Labute approximate surface area is 105 Å². The minimum Gasteiger partial charge on any atom is -0.344 e. The molecule has 18 heavy (non-hydrogen) atoms. The number of para-hydroxylation sites is 1. The maximum atomic E-state index is 5.80. The number of hydrogen-bond acceptors (Lipinski definition) is 5. The van der Waals surface area contributed by atoms with Crippen LogP contribution >= 0.6 is 0 Å². The Balaban J connectivity index is 1.88. The van der Waals surface area contributed by atoms with Crippen LogP contribution in [0.4, 0.5) is 5.69 Å². The first-order valence-electron chi connectivity index (χ1n) is 6.10. The molecule has 1 aromatic rings. The zero-order chi connectivity index (χ0) is 12.0. The van der Waals surface area contributed by atoms with Crippen LogP contribution < -0.4 is 4.90 Å². The molecule has 4 rings (SSSR count). The van der Waals surface area contributed by atoms with Crippen LogP contribution in [0.5, 0.6) is 0 Å². The van der Waals surface area contributed by atoms with Crippen molar-refractivity contribution in [1.29, 1.82) is 0 Å². The van der Waals surface area contributed by atoms with Crippen LogP contribution in [0.15, 0.2) is 46.4 Å². The SMILES string of the molecule is C1=C2N=NCN2c2ccccc2CC12OCCO2. The lowest BCUT2D eigenvalue weighted by molar-refractivity contribution is -0.114. The molecule has 1 aromatic carbocycles. The molecular formula is C13H13N3O2. The Hall–Kier alpha value is -1.72. The monoisotopic (exact) mass is 243 g/mol. The summed E-state index contributed by atoms with van der Waals surface area (Å²) in [4.78, 5) is 2.09. The van der Waals surface area contributed by atoms with Gasteiger partial charge in [-0.3, -0.25) is 0 Å². The van der Waals surface area contributed by atoms with Crippen molar-refractivity contribution < 1.29 is 9.47 Å². The van der Waals surface area contributed by atoms with Crippen molar-refractivity contribution in [2.24, 2.45) is 10.2 Å². The summed E-state index contributed by atoms with van der Waals surface area (Å²) < 4.78 is 11.6. The molecule has 0 unspecified atom stereocenters. The smallest absolute Gasteiger partial charge is 0.196 e. The Morgan fingerprint density at radius 3 is 2.89 bits per heavy atom. The number of fused-ring (bicyclic) bond motifs is 3. The molecule has 3 aliphatic heterocycles. The van der Waals surface area contributed by atoms with Crippen LogP contribution in [0.3, 0.4) is 0 Å². The van der Waals surface area contributed by atoms with E-state index in [1.54, 1.807) is 0 Å².